The molecule has 110 valence electrons. The summed E-state index contributed by atoms with van der Waals surface area (Å²) in [4.78, 5) is 0. The number of nitrogens with zero attached hydrogens (tertiary/aromatic N) is 2. The van der Waals surface area contributed by atoms with E-state index in [9.17, 15) is 5.11 Å². The molecule has 0 bridgehead atoms. The number of halogens is 1. The van der Waals surface area contributed by atoms with Gasteiger partial charge in [-0.2, -0.15) is 5.10 Å². The number of aliphatic hydroxyl groups is 1. The van der Waals surface area contributed by atoms with Gasteiger partial charge in [0.2, 0.25) is 0 Å². The topological polar surface area (TPSA) is 38.1 Å². The second-order valence-electron chi connectivity index (χ2n) is 5.29. The molecule has 0 fully saturated rings. The van der Waals surface area contributed by atoms with Gasteiger partial charge in [0.05, 0.1) is 22.0 Å². The van der Waals surface area contributed by atoms with Crippen molar-refractivity contribution in [3.8, 4) is 0 Å². The molecule has 3 nitrogen and oxygen atoms in total. The lowest BCUT2D eigenvalue weighted by Gasteiger charge is -2.22. The van der Waals surface area contributed by atoms with Crippen molar-refractivity contribution < 1.29 is 5.11 Å². The van der Waals surface area contributed by atoms with Gasteiger partial charge in [-0.25, -0.2) is 0 Å². The fourth-order valence-electron chi connectivity index (χ4n) is 2.68. The Labute approximate surface area is 125 Å². The van der Waals surface area contributed by atoms with Gasteiger partial charge >= 0.3 is 0 Å². The first kappa shape index (κ1) is 16.7. The molecular formula is C15H27BrN2O. The first-order valence-corrected chi connectivity index (χ1v) is 8.22. The van der Waals surface area contributed by atoms with Crippen LogP contribution in [0.4, 0.5) is 0 Å². The van der Waals surface area contributed by atoms with Crippen LogP contribution in [0, 0.1) is 5.92 Å². The highest BCUT2D eigenvalue weighted by Gasteiger charge is 2.22. The normalized spacial score (nSPS) is 13.2. The summed E-state index contributed by atoms with van der Waals surface area (Å²) in [5.41, 5.74) is 2.19. The van der Waals surface area contributed by atoms with Gasteiger partial charge < -0.3 is 5.11 Å². The van der Waals surface area contributed by atoms with Gasteiger partial charge in [0.15, 0.2) is 0 Å². The first-order valence-electron chi connectivity index (χ1n) is 7.43. The summed E-state index contributed by atoms with van der Waals surface area (Å²) in [7, 11) is 1.96. The van der Waals surface area contributed by atoms with Crippen LogP contribution in [0.5, 0.6) is 0 Å². The minimum Gasteiger partial charge on any atom is -0.392 e. The summed E-state index contributed by atoms with van der Waals surface area (Å²) in [5, 5.41) is 15.0. The smallest absolute Gasteiger partial charge is 0.0766 e. The van der Waals surface area contributed by atoms with Gasteiger partial charge in [-0.3, -0.25) is 4.68 Å². The number of hydrogen-bond acceptors (Lipinski definition) is 2. The monoisotopic (exact) mass is 330 g/mol. The van der Waals surface area contributed by atoms with Crippen LogP contribution in [0.3, 0.4) is 0 Å². The van der Waals surface area contributed by atoms with Crippen molar-refractivity contribution >= 4 is 15.9 Å². The molecule has 4 heteroatoms. The zero-order valence-corrected chi connectivity index (χ0v) is 14.2. The van der Waals surface area contributed by atoms with Gasteiger partial charge in [-0.1, -0.05) is 33.6 Å². The van der Waals surface area contributed by atoms with Crippen molar-refractivity contribution in [1.82, 2.24) is 9.78 Å². The Morgan fingerprint density at radius 3 is 2.21 bits per heavy atom. The molecule has 0 saturated heterocycles. The minimum absolute atomic E-state index is 0.267. The molecular weight excluding hydrogens is 304 g/mol. The first-order chi connectivity index (χ1) is 9.04. The van der Waals surface area contributed by atoms with Crippen molar-refractivity contribution in [1.29, 1.82) is 0 Å². The van der Waals surface area contributed by atoms with Crippen LogP contribution in [0.25, 0.3) is 0 Å². The largest absolute Gasteiger partial charge is 0.392 e. The van der Waals surface area contributed by atoms with Crippen LogP contribution in [0.15, 0.2) is 4.47 Å². The Morgan fingerprint density at radius 1 is 1.21 bits per heavy atom. The van der Waals surface area contributed by atoms with Crippen LogP contribution < -0.4 is 0 Å². The highest BCUT2D eigenvalue weighted by atomic mass is 79.9. The fraction of sp³-hybridized carbons (Fsp3) is 0.800. The third-order valence-electron chi connectivity index (χ3n) is 3.77. The summed E-state index contributed by atoms with van der Waals surface area (Å²) in [5.74, 6) is 0.405. The number of aliphatic hydroxyl groups excluding tert-OH is 1. The highest BCUT2D eigenvalue weighted by Crippen LogP contribution is 2.26. The minimum atomic E-state index is -0.267. The van der Waals surface area contributed by atoms with Crippen molar-refractivity contribution in [2.45, 2.75) is 65.4 Å². The number of aryl methyl sites for hydroxylation is 2. The second-order valence-corrected chi connectivity index (χ2v) is 6.09. The van der Waals surface area contributed by atoms with Gasteiger partial charge in [0, 0.05) is 13.5 Å². The lowest BCUT2D eigenvalue weighted by molar-refractivity contribution is 0.0944. The van der Waals surface area contributed by atoms with Gasteiger partial charge in [-0.05, 0) is 41.1 Å². The Bertz CT molecular complexity index is 384. The van der Waals surface area contributed by atoms with Crippen LogP contribution in [-0.2, 0) is 19.9 Å². The Hall–Kier alpha value is -0.350. The molecule has 1 rings (SSSR count). The maximum absolute atomic E-state index is 10.5. The molecule has 1 N–H and O–H groups in total. The molecule has 1 unspecified atom stereocenters. The average Bonchev–Trinajstić information content (AvgIpc) is 2.65. The van der Waals surface area contributed by atoms with E-state index in [-0.39, 0.29) is 6.10 Å². The van der Waals surface area contributed by atoms with E-state index in [0.29, 0.717) is 12.3 Å². The van der Waals surface area contributed by atoms with Crippen molar-refractivity contribution in [3.05, 3.63) is 15.9 Å². The van der Waals surface area contributed by atoms with Crippen LogP contribution in [-0.4, -0.2) is 21.0 Å². The SMILES string of the molecule is CCCC(CCC)C(O)Cc1c(Br)c(CC)nn1C. The number of hydrogen-bond donors (Lipinski definition) is 1. The summed E-state index contributed by atoms with van der Waals surface area (Å²) < 4.78 is 2.98. The van der Waals surface area contributed by atoms with E-state index >= 15 is 0 Å². The van der Waals surface area contributed by atoms with Crippen LogP contribution in [0.2, 0.25) is 0 Å². The molecule has 0 aromatic carbocycles. The van der Waals surface area contributed by atoms with Crippen LogP contribution >= 0.6 is 15.9 Å². The van der Waals surface area contributed by atoms with Crippen LogP contribution in [0.1, 0.15) is 57.8 Å². The molecule has 1 aromatic heterocycles. The molecule has 0 radical (unpaired) electrons. The summed E-state index contributed by atoms with van der Waals surface area (Å²) >= 11 is 3.62. The summed E-state index contributed by atoms with van der Waals surface area (Å²) in [6.07, 6.45) is 5.81. The molecule has 19 heavy (non-hydrogen) atoms. The van der Waals surface area contributed by atoms with Crippen molar-refractivity contribution in [2.75, 3.05) is 0 Å². The van der Waals surface area contributed by atoms with E-state index in [1.54, 1.807) is 0 Å². The molecule has 0 aliphatic heterocycles. The zero-order valence-electron chi connectivity index (χ0n) is 12.6. The molecule has 0 aliphatic carbocycles. The third-order valence-corrected chi connectivity index (χ3v) is 4.68. The molecule has 1 atom stereocenters. The van der Waals surface area contributed by atoms with Crippen molar-refractivity contribution in [2.24, 2.45) is 13.0 Å². The fourth-order valence-corrected chi connectivity index (χ4v) is 3.46. The summed E-state index contributed by atoms with van der Waals surface area (Å²) in [6, 6.07) is 0. The van der Waals surface area contributed by atoms with E-state index in [2.05, 4.69) is 41.8 Å². The predicted molar refractivity (Wildman–Crippen MR) is 83.3 cm³/mol. The number of aromatic nitrogens is 2. The maximum Gasteiger partial charge on any atom is 0.0766 e. The second kappa shape index (κ2) is 8.05. The van der Waals surface area contributed by atoms with Gasteiger partial charge in [0.25, 0.3) is 0 Å². The Balaban J connectivity index is 2.79. The standard InChI is InChI=1S/C15H27BrN2O/c1-5-8-11(9-6-2)14(19)10-13-15(16)12(7-3)17-18(13)4/h11,14,19H,5-10H2,1-4H3. The van der Waals surface area contributed by atoms with Crippen molar-refractivity contribution in [3.63, 3.8) is 0 Å². The Morgan fingerprint density at radius 2 is 1.79 bits per heavy atom. The van der Waals surface area contributed by atoms with E-state index in [1.807, 2.05) is 11.7 Å². The van der Waals surface area contributed by atoms with E-state index in [4.69, 9.17) is 0 Å². The maximum atomic E-state index is 10.5. The lowest BCUT2D eigenvalue weighted by Crippen LogP contribution is -2.24. The lowest BCUT2D eigenvalue weighted by atomic mass is 9.90. The summed E-state index contributed by atoms with van der Waals surface area (Å²) in [6.45, 7) is 6.47. The van der Waals surface area contributed by atoms with E-state index in [0.717, 1.165) is 48.0 Å². The predicted octanol–water partition coefficient (Wildman–Crippen LogP) is 3.86. The third kappa shape index (κ3) is 4.32. The van der Waals surface area contributed by atoms with Gasteiger partial charge in [-0.15, -0.1) is 0 Å². The Kier molecular flexibility index (Phi) is 7.08. The quantitative estimate of drug-likeness (QED) is 0.785. The molecule has 0 saturated carbocycles. The average molecular weight is 331 g/mol. The molecule has 1 heterocycles. The molecule has 0 spiro atoms. The van der Waals surface area contributed by atoms with E-state index in [1.165, 1.54) is 0 Å². The number of rotatable bonds is 8. The van der Waals surface area contributed by atoms with Gasteiger partial charge in [0.1, 0.15) is 0 Å². The zero-order chi connectivity index (χ0) is 14.4. The molecule has 0 amide bonds. The molecule has 0 aliphatic rings. The highest BCUT2D eigenvalue weighted by molar-refractivity contribution is 9.10. The van der Waals surface area contributed by atoms with E-state index < -0.39 is 0 Å². The molecule has 1 aromatic rings.